The fraction of sp³-hybridized carbons (Fsp3) is 0.435. The van der Waals surface area contributed by atoms with E-state index in [0.717, 1.165) is 161 Å². The molecule has 0 amide bonds. The molecule has 0 saturated heterocycles. The number of halogens is 10. The van der Waals surface area contributed by atoms with Crippen molar-refractivity contribution in [2.45, 2.75) is 260 Å². The van der Waals surface area contributed by atoms with E-state index in [1.807, 2.05) is 43.3 Å². The van der Waals surface area contributed by atoms with Crippen LogP contribution in [0.1, 0.15) is 273 Å². The van der Waals surface area contributed by atoms with Gasteiger partial charge in [-0.3, -0.25) is 0 Å². The molecular weight excluding hydrogens is 1580 g/mol. The van der Waals surface area contributed by atoms with Gasteiger partial charge in [0.25, 0.3) is 0 Å². The minimum absolute atomic E-state index is 0.0154. The zero-order chi connectivity index (χ0) is 88.7. The highest BCUT2D eigenvalue weighted by Crippen LogP contribution is 2.46. The van der Waals surface area contributed by atoms with Crippen molar-refractivity contribution in [3.63, 3.8) is 0 Å². The van der Waals surface area contributed by atoms with Crippen LogP contribution in [0.25, 0.3) is 55.6 Å². The summed E-state index contributed by atoms with van der Waals surface area (Å²) in [6.45, 7) is 17.8. The Hall–Kier alpha value is -9.83. The number of benzene rings is 10. The highest BCUT2D eigenvalue weighted by Gasteiger charge is 2.33. The van der Waals surface area contributed by atoms with Gasteiger partial charge in [-0.15, -0.1) is 0 Å². The van der Waals surface area contributed by atoms with Crippen molar-refractivity contribution in [2.24, 2.45) is 17.8 Å². The van der Waals surface area contributed by atoms with Gasteiger partial charge < -0.3 is 23.7 Å². The second kappa shape index (κ2) is 52.2. The summed E-state index contributed by atoms with van der Waals surface area (Å²) in [5.41, 5.74) is 10.1. The lowest BCUT2D eigenvalue weighted by molar-refractivity contribution is 0.0726. The van der Waals surface area contributed by atoms with E-state index in [2.05, 4.69) is 58.9 Å². The molecule has 124 heavy (non-hydrogen) atoms. The van der Waals surface area contributed by atoms with Crippen LogP contribution in [0.5, 0.6) is 28.7 Å². The van der Waals surface area contributed by atoms with E-state index in [1.54, 1.807) is 92.7 Å². The fourth-order valence-corrected chi connectivity index (χ4v) is 16.5. The number of esters is 1. The minimum atomic E-state index is -1.28. The minimum Gasteiger partial charge on any atom is -0.491 e. The van der Waals surface area contributed by atoms with Crippen molar-refractivity contribution >= 4 is 5.97 Å². The maximum atomic E-state index is 14.8. The maximum absolute atomic E-state index is 14.8. The molecule has 10 aromatic carbocycles. The predicted molar refractivity (Wildman–Crippen MR) is 485 cm³/mol. The van der Waals surface area contributed by atoms with Gasteiger partial charge >= 0.3 is 5.97 Å². The van der Waals surface area contributed by atoms with Gasteiger partial charge in [-0.25, -0.2) is 26.7 Å². The summed E-state index contributed by atoms with van der Waals surface area (Å²) in [4.78, 5) is 12.4. The Labute approximate surface area is 731 Å². The predicted octanol–water partition coefficient (Wildman–Crippen LogP) is 33.0. The third-order valence-corrected chi connectivity index (χ3v) is 24.0. The van der Waals surface area contributed by atoms with E-state index in [1.165, 1.54) is 132 Å². The Morgan fingerprint density at radius 2 is 0.685 bits per heavy atom. The molecule has 0 unspecified atom stereocenters. The summed E-state index contributed by atoms with van der Waals surface area (Å²) in [5.74, 6) is -7.00. The van der Waals surface area contributed by atoms with Crippen LogP contribution in [0.3, 0.4) is 0 Å². The molecule has 2 saturated carbocycles. The van der Waals surface area contributed by atoms with Gasteiger partial charge in [0.15, 0.2) is 46.2 Å². The van der Waals surface area contributed by atoms with Crippen LogP contribution in [-0.4, -0.2) is 32.4 Å². The molecule has 0 N–H and O–H groups in total. The zero-order valence-corrected chi connectivity index (χ0v) is 74.1. The number of unbranched alkanes of at least 4 members (excludes halogenated alkanes) is 14. The van der Waals surface area contributed by atoms with Crippen molar-refractivity contribution in [2.75, 3.05) is 26.4 Å². The van der Waals surface area contributed by atoms with Crippen LogP contribution < -0.4 is 23.7 Å². The topological polar surface area (TPSA) is 63.2 Å². The Morgan fingerprint density at radius 3 is 1.19 bits per heavy atom. The van der Waals surface area contributed by atoms with Gasteiger partial charge in [0.1, 0.15) is 11.6 Å². The molecule has 16 heteroatoms. The van der Waals surface area contributed by atoms with Crippen molar-refractivity contribution in [1.29, 1.82) is 0 Å². The molecule has 0 atom stereocenters. The summed E-state index contributed by atoms with van der Waals surface area (Å²) in [7, 11) is 0. The second-order valence-electron chi connectivity index (χ2n) is 33.1. The number of rotatable bonds is 40. The Balaban J connectivity index is 0.000000188. The first-order chi connectivity index (χ1) is 60.2. The van der Waals surface area contributed by atoms with Gasteiger partial charge in [-0.05, 0) is 254 Å². The van der Waals surface area contributed by atoms with Crippen molar-refractivity contribution in [3.8, 4) is 84.4 Å². The van der Waals surface area contributed by atoms with E-state index in [9.17, 15) is 48.7 Å². The zero-order valence-electron chi connectivity index (χ0n) is 74.1. The summed E-state index contributed by atoms with van der Waals surface area (Å²) >= 11 is 0. The molecular formula is C108H128F10O6. The van der Waals surface area contributed by atoms with Crippen LogP contribution in [0.2, 0.25) is 0 Å². The molecule has 0 bridgehead atoms. The smallest absolute Gasteiger partial charge is 0.343 e. The van der Waals surface area contributed by atoms with Crippen LogP contribution in [-0.2, 0) is 12.8 Å². The summed E-state index contributed by atoms with van der Waals surface area (Å²) in [6.07, 6.45) is 34.7. The van der Waals surface area contributed by atoms with E-state index < -0.39 is 58.3 Å². The number of carbonyl (C=O) groups excluding carboxylic acids is 1. The molecule has 0 aromatic heterocycles. The first-order valence-electron chi connectivity index (χ1n) is 45.8. The molecule has 12 rings (SSSR count). The third-order valence-electron chi connectivity index (χ3n) is 24.0. The molecule has 0 radical (unpaired) electrons. The number of carbonyl (C=O) groups is 1. The van der Waals surface area contributed by atoms with Crippen LogP contribution in [0, 0.1) is 82.8 Å². The van der Waals surface area contributed by atoms with E-state index in [0.29, 0.717) is 53.2 Å². The van der Waals surface area contributed by atoms with Crippen LogP contribution in [0.15, 0.2) is 182 Å². The van der Waals surface area contributed by atoms with Crippen molar-refractivity contribution in [3.05, 3.63) is 268 Å². The summed E-state index contributed by atoms with van der Waals surface area (Å²) < 4.78 is 170. The monoisotopic (exact) mass is 1710 g/mol. The van der Waals surface area contributed by atoms with Crippen LogP contribution >= 0.6 is 0 Å². The first kappa shape index (κ1) is 98.0. The average Bonchev–Trinajstić information content (AvgIpc) is 0.815. The molecule has 666 valence electrons. The van der Waals surface area contributed by atoms with Gasteiger partial charge in [-0.2, -0.15) is 22.0 Å². The molecule has 0 spiro atoms. The maximum Gasteiger partial charge on any atom is 0.343 e. The highest BCUT2D eigenvalue weighted by atomic mass is 19.2. The lowest BCUT2D eigenvalue weighted by Gasteiger charge is -2.38. The van der Waals surface area contributed by atoms with Gasteiger partial charge in [-0.1, -0.05) is 272 Å². The fourth-order valence-electron chi connectivity index (χ4n) is 16.5. The molecule has 2 aliphatic carbocycles. The van der Waals surface area contributed by atoms with Crippen LogP contribution in [0.4, 0.5) is 43.9 Å². The van der Waals surface area contributed by atoms with Crippen molar-refractivity contribution in [1.82, 2.24) is 0 Å². The van der Waals surface area contributed by atoms with Crippen molar-refractivity contribution < 1.29 is 72.4 Å². The molecule has 2 fully saturated rings. The Morgan fingerprint density at radius 1 is 0.315 bits per heavy atom. The normalized spacial score (nSPS) is 14.9. The highest BCUT2D eigenvalue weighted by molar-refractivity contribution is 5.91. The summed E-state index contributed by atoms with van der Waals surface area (Å²) in [5, 5.41) is 0. The SMILES string of the molecule is CCCC1CCC(C2CCC(c3ccc(OCC)c(F)c3F)CC2)CC1.CCCCCCCCOc1ccc(-c2ccc(-c3ccc(CCCCC)c(F)c3)cc2)c(F)c1F.CCCCCCOc1ccc(-c2ccc(-c3ccc(CCCCC)cc3)cc2)c(F)c1F.CCCCCOc1ccc(OC(=O)c2ccc(-c3ccc(C)c(F)c3)cc2)c(F)c1F. The number of aryl methyl sites for hydroxylation is 3. The number of hydrogen-bond acceptors (Lipinski definition) is 6. The lowest BCUT2D eigenvalue weighted by atomic mass is 9.68. The van der Waals surface area contributed by atoms with Gasteiger partial charge in [0, 0.05) is 11.1 Å². The molecule has 2 aliphatic rings. The Bertz CT molecular complexity index is 4860. The van der Waals surface area contributed by atoms with Gasteiger partial charge in [0.2, 0.25) is 29.1 Å². The number of hydrogen-bond donors (Lipinski definition) is 0. The van der Waals surface area contributed by atoms with E-state index >= 15 is 0 Å². The third kappa shape index (κ3) is 29.1. The second-order valence-corrected chi connectivity index (χ2v) is 33.1. The largest absolute Gasteiger partial charge is 0.491 e. The molecule has 6 nitrogen and oxygen atoms in total. The quantitative estimate of drug-likeness (QED) is 0.0165. The standard InChI is InChI=1S/C31H37F3O.C29H34F2O.C25H23F3O3.C23H34F2O/c1-3-5-7-8-9-11-21-35-29-20-19-27(30(33)31(29)34)24-15-13-23(14-16-24)26-18-17-25(28(32)22-26)12-10-6-4-2;1-3-5-7-9-21-32-27-20-19-26(28(30)29(27)31)25-17-15-24(16-18-25)23-13-11-22(12-14-23)10-8-6-4-2;1-3-4-5-14-30-21-12-13-22(24(28)23(21)27)31-25(29)18-10-8-17(9-11-18)19-7-6-16(2)20(26)15-19;1-3-5-16-6-8-17(9-7-16)18-10-12-19(13-11-18)20-14-15-21(26-4-2)23(25)22(20)24/h13-20,22H,3-12,21H2,1-2H3;11-20H,3-10,21H2,1-2H3;6-13,15H,3-5,14H2,1-2H3;14-19H,3-13H2,1-2H3. The average molecular weight is 1710 g/mol. The van der Waals surface area contributed by atoms with Gasteiger partial charge in [0.05, 0.1) is 32.0 Å². The number of ether oxygens (including phenoxy) is 5. The first-order valence-corrected chi connectivity index (χ1v) is 45.8. The summed E-state index contributed by atoms with van der Waals surface area (Å²) in [6, 6.07) is 51.6. The molecule has 10 aromatic rings. The van der Waals surface area contributed by atoms with E-state index in [-0.39, 0.29) is 63.8 Å². The molecule has 0 aliphatic heterocycles. The van der Waals surface area contributed by atoms with E-state index in [4.69, 9.17) is 23.7 Å². The Kier molecular flexibility index (Phi) is 41.2. The lowest BCUT2D eigenvalue weighted by Crippen LogP contribution is -2.25. The molecule has 0 heterocycles.